The molecule has 0 spiro atoms. The highest BCUT2D eigenvalue weighted by Crippen LogP contribution is 2.32. The molecule has 0 bridgehead atoms. The number of aromatic hydroxyl groups is 1. The molecule has 0 aromatic heterocycles. The third kappa shape index (κ3) is 3.22. The van der Waals surface area contributed by atoms with Crippen molar-refractivity contribution in [3.8, 4) is 11.5 Å². The molecule has 3 nitrogen and oxygen atoms in total. The lowest BCUT2D eigenvalue weighted by molar-refractivity contribution is 0.406. The van der Waals surface area contributed by atoms with Gasteiger partial charge < -0.3 is 15.2 Å². The fraction of sp³-hybridized carbons (Fsp3) is 0.200. The number of halogens is 2. The molecule has 20 heavy (non-hydrogen) atoms. The Bertz CT molecular complexity index is 619. The molecule has 0 radical (unpaired) electrons. The van der Waals surface area contributed by atoms with Gasteiger partial charge in [0.25, 0.3) is 0 Å². The van der Waals surface area contributed by atoms with Crippen LogP contribution in [0, 0.1) is 5.82 Å². The standard InChI is InChI=1S/C15H15BrFNO2/c1-9(12-5-4-11(20-2)8-15(12)19)18-14-7-10(17)3-6-13(14)16/h3-9,18-19H,1-2H3. The first kappa shape index (κ1) is 14.7. The molecule has 0 fully saturated rings. The quantitative estimate of drug-likeness (QED) is 0.863. The van der Waals surface area contributed by atoms with Gasteiger partial charge in [0.05, 0.1) is 18.8 Å². The number of hydrogen-bond acceptors (Lipinski definition) is 3. The van der Waals surface area contributed by atoms with Gasteiger partial charge in [0.15, 0.2) is 0 Å². The van der Waals surface area contributed by atoms with Crippen molar-refractivity contribution in [2.75, 3.05) is 12.4 Å². The molecule has 1 atom stereocenters. The van der Waals surface area contributed by atoms with Crippen molar-refractivity contribution < 1.29 is 14.2 Å². The average Bonchev–Trinajstić information content (AvgIpc) is 2.42. The highest BCUT2D eigenvalue weighted by atomic mass is 79.9. The zero-order valence-corrected chi connectivity index (χ0v) is 12.7. The number of rotatable bonds is 4. The first-order chi connectivity index (χ1) is 9.51. The Morgan fingerprint density at radius 1 is 1.25 bits per heavy atom. The molecule has 1 unspecified atom stereocenters. The summed E-state index contributed by atoms with van der Waals surface area (Å²) < 4.78 is 19.1. The molecular formula is C15H15BrFNO2. The van der Waals surface area contributed by atoms with Crippen molar-refractivity contribution in [1.29, 1.82) is 0 Å². The molecule has 0 amide bonds. The van der Waals surface area contributed by atoms with E-state index >= 15 is 0 Å². The van der Waals surface area contributed by atoms with E-state index in [9.17, 15) is 9.50 Å². The molecule has 2 rings (SSSR count). The second-order valence-electron chi connectivity index (χ2n) is 4.41. The van der Waals surface area contributed by atoms with Gasteiger partial charge in [-0.3, -0.25) is 0 Å². The Hall–Kier alpha value is -1.75. The summed E-state index contributed by atoms with van der Waals surface area (Å²) in [6.45, 7) is 1.89. The Kier molecular flexibility index (Phi) is 4.49. The smallest absolute Gasteiger partial charge is 0.125 e. The second-order valence-corrected chi connectivity index (χ2v) is 5.27. The van der Waals surface area contributed by atoms with Crippen molar-refractivity contribution in [2.45, 2.75) is 13.0 Å². The molecule has 106 valence electrons. The van der Waals surface area contributed by atoms with Gasteiger partial charge in [-0.05, 0) is 53.2 Å². The van der Waals surface area contributed by atoms with Gasteiger partial charge in [0.2, 0.25) is 0 Å². The number of ether oxygens (including phenoxy) is 1. The van der Waals surface area contributed by atoms with E-state index in [1.165, 1.54) is 12.1 Å². The predicted molar refractivity (Wildman–Crippen MR) is 80.8 cm³/mol. The monoisotopic (exact) mass is 339 g/mol. The molecule has 2 aromatic rings. The number of anilines is 1. The van der Waals surface area contributed by atoms with Gasteiger partial charge >= 0.3 is 0 Å². The van der Waals surface area contributed by atoms with Crippen LogP contribution in [0.1, 0.15) is 18.5 Å². The van der Waals surface area contributed by atoms with Crippen molar-refractivity contribution in [2.24, 2.45) is 0 Å². The summed E-state index contributed by atoms with van der Waals surface area (Å²) in [4.78, 5) is 0. The van der Waals surface area contributed by atoms with Crippen molar-refractivity contribution in [3.63, 3.8) is 0 Å². The Morgan fingerprint density at radius 2 is 2.00 bits per heavy atom. The first-order valence-corrected chi connectivity index (χ1v) is 6.89. The van der Waals surface area contributed by atoms with E-state index in [1.807, 2.05) is 6.92 Å². The van der Waals surface area contributed by atoms with E-state index in [0.717, 1.165) is 4.47 Å². The van der Waals surface area contributed by atoms with E-state index in [2.05, 4.69) is 21.2 Å². The SMILES string of the molecule is COc1ccc(C(C)Nc2cc(F)ccc2Br)c(O)c1. The summed E-state index contributed by atoms with van der Waals surface area (Å²) in [6, 6.07) is 9.34. The molecule has 0 heterocycles. The van der Waals surface area contributed by atoms with Gasteiger partial charge in [-0.2, -0.15) is 0 Å². The summed E-state index contributed by atoms with van der Waals surface area (Å²) in [5.74, 6) is 0.407. The molecule has 2 N–H and O–H groups in total. The first-order valence-electron chi connectivity index (χ1n) is 6.09. The molecule has 5 heteroatoms. The minimum absolute atomic E-state index is 0.136. The van der Waals surface area contributed by atoms with Gasteiger partial charge in [-0.25, -0.2) is 4.39 Å². The molecule has 2 aromatic carbocycles. The zero-order chi connectivity index (χ0) is 14.7. The molecule has 0 aliphatic rings. The molecule has 0 saturated heterocycles. The summed E-state index contributed by atoms with van der Waals surface area (Å²) in [6.07, 6.45) is 0. The van der Waals surface area contributed by atoms with Crippen LogP contribution >= 0.6 is 15.9 Å². The van der Waals surface area contributed by atoms with Crippen molar-refractivity contribution in [1.82, 2.24) is 0 Å². The minimum Gasteiger partial charge on any atom is -0.507 e. The average molecular weight is 340 g/mol. The zero-order valence-electron chi connectivity index (χ0n) is 11.2. The van der Waals surface area contributed by atoms with E-state index in [4.69, 9.17) is 4.74 Å². The van der Waals surface area contributed by atoms with Crippen LogP contribution in [0.25, 0.3) is 0 Å². The maximum Gasteiger partial charge on any atom is 0.125 e. The number of phenolic OH excluding ortho intramolecular Hbond substituents is 1. The van der Waals surface area contributed by atoms with E-state index < -0.39 is 0 Å². The summed E-state index contributed by atoms with van der Waals surface area (Å²) in [7, 11) is 1.54. The van der Waals surface area contributed by atoms with Crippen LogP contribution in [0.5, 0.6) is 11.5 Å². The van der Waals surface area contributed by atoms with Crippen LogP contribution in [0.2, 0.25) is 0 Å². The molecular weight excluding hydrogens is 325 g/mol. The summed E-state index contributed by atoms with van der Waals surface area (Å²) >= 11 is 3.36. The van der Waals surface area contributed by atoms with Crippen molar-refractivity contribution in [3.05, 3.63) is 52.3 Å². The third-order valence-corrected chi connectivity index (χ3v) is 3.70. The maximum absolute atomic E-state index is 13.3. The fourth-order valence-electron chi connectivity index (χ4n) is 1.94. The highest BCUT2D eigenvalue weighted by molar-refractivity contribution is 9.10. The normalized spacial score (nSPS) is 12.0. The van der Waals surface area contributed by atoms with E-state index in [-0.39, 0.29) is 17.6 Å². The summed E-state index contributed by atoms with van der Waals surface area (Å²) in [5, 5.41) is 13.1. The summed E-state index contributed by atoms with van der Waals surface area (Å²) in [5.41, 5.74) is 1.34. The fourth-order valence-corrected chi connectivity index (χ4v) is 2.30. The largest absolute Gasteiger partial charge is 0.507 e. The van der Waals surface area contributed by atoms with Crippen LogP contribution in [0.3, 0.4) is 0 Å². The third-order valence-electron chi connectivity index (χ3n) is 3.00. The van der Waals surface area contributed by atoms with Crippen LogP contribution in [-0.4, -0.2) is 12.2 Å². The van der Waals surface area contributed by atoms with E-state index in [0.29, 0.717) is 17.0 Å². The van der Waals surface area contributed by atoms with Crippen LogP contribution in [0.4, 0.5) is 10.1 Å². The molecule has 0 aliphatic carbocycles. The van der Waals surface area contributed by atoms with Crippen LogP contribution in [0.15, 0.2) is 40.9 Å². The van der Waals surface area contributed by atoms with Gasteiger partial charge in [-0.1, -0.05) is 0 Å². The second kappa shape index (κ2) is 6.13. The lowest BCUT2D eigenvalue weighted by atomic mass is 10.1. The highest BCUT2D eigenvalue weighted by Gasteiger charge is 2.13. The van der Waals surface area contributed by atoms with E-state index in [1.54, 1.807) is 31.4 Å². The molecule has 0 aliphatic heterocycles. The lowest BCUT2D eigenvalue weighted by Crippen LogP contribution is -2.07. The molecule has 0 saturated carbocycles. The number of methoxy groups -OCH3 is 1. The Morgan fingerprint density at radius 3 is 2.65 bits per heavy atom. The number of phenols is 1. The number of benzene rings is 2. The van der Waals surface area contributed by atoms with Crippen molar-refractivity contribution >= 4 is 21.6 Å². The van der Waals surface area contributed by atoms with Gasteiger partial charge in [-0.15, -0.1) is 0 Å². The number of nitrogens with one attached hydrogen (secondary N) is 1. The minimum atomic E-state index is -0.318. The Labute approximate surface area is 125 Å². The lowest BCUT2D eigenvalue weighted by Gasteiger charge is -2.18. The van der Waals surface area contributed by atoms with Gasteiger partial charge in [0, 0.05) is 16.1 Å². The van der Waals surface area contributed by atoms with Gasteiger partial charge in [0.1, 0.15) is 17.3 Å². The predicted octanol–water partition coefficient (Wildman–Crippen LogP) is 4.48. The van der Waals surface area contributed by atoms with Crippen LogP contribution < -0.4 is 10.1 Å². The topological polar surface area (TPSA) is 41.5 Å². The number of hydrogen-bond donors (Lipinski definition) is 2. The van der Waals surface area contributed by atoms with Crippen LogP contribution in [-0.2, 0) is 0 Å². The maximum atomic E-state index is 13.3. The Balaban J connectivity index is 2.23.